The van der Waals surface area contributed by atoms with E-state index in [4.69, 9.17) is 0 Å². The summed E-state index contributed by atoms with van der Waals surface area (Å²) >= 11 is 0. The predicted molar refractivity (Wildman–Crippen MR) is 51.5 cm³/mol. The number of carbonyl (C=O) groups excluding carboxylic acids is 1. The first-order valence-electron chi connectivity index (χ1n) is 5.39. The van der Waals surface area contributed by atoms with Crippen molar-refractivity contribution in [2.45, 2.75) is 44.6 Å². The van der Waals surface area contributed by atoms with Crippen LogP contribution in [0.1, 0.15) is 38.5 Å². The lowest BCUT2D eigenvalue weighted by Gasteiger charge is -2.23. The molecular weight excluding hydrogens is 164 g/mol. The van der Waals surface area contributed by atoms with Crippen LogP contribution >= 0.6 is 0 Å². The highest BCUT2D eigenvalue weighted by atomic mass is 16.2. The van der Waals surface area contributed by atoms with Crippen molar-refractivity contribution < 1.29 is 4.79 Å². The highest BCUT2D eigenvalue weighted by Gasteiger charge is 2.24. The number of carbonyl (C=O) groups is 1. The summed E-state index contributed by atoms with van der Waals surface area (Å²) in [7, 11) is 0. The molecule has 0 aromatic heterocycles. The maximum Gasteiger partial charge on any atom is 0.315 e. The average Bonchev–Trinajstić information content (AvgIpc) is 2.53. The van der Waals surface area contributed by atoms with Crippen LogP contribution < -0.4 is 10.6 Å². The number of nitrogens with one attached hydrogen (secondary N) is 2. The summed E-state index contributed by atoms with van der Waals surface area (Å²) in [6.07, 6.45) is 8.10. The fourth-order valence-corrected chi connectivity index (χ4v) is 2.47. The first-order valence-corrected chi connectivity index (χ1v) is 5.39. The maximum atomic E-state index is 10.9. The highest BCUT2D eigenvalue weighted by Crippen LogP contribution is 2.27. The van der Waals surface area contributed by atoms with E-state index in [-0.39, 0.29) is 6.03 Å². The first-order chi connectivity index (χ1) is 6.34. The molecule has 0 radical (unpaired) electrons. The number of amides is 2. The van der Waals surface area contributed by atoms with Gasteiger partial charge in [0.15, 0.2) is 0 Å². The van der Waals surface area contributed by atoms with E-state index in [1.165, 1.54) is 38.5 Å². The molecule has 3 nitrogen and oxygen atoms in total. The van der Waals surface area contributed by atoms with Crippen LogP contribution in [0.2, 0.25) is 0 Å². The molecule has 1 aliphatic carbocycles. The van der Waals surface area contributed by atoms with E-state index in [1.807, 2.05) is 0 Å². The van der Waals surface area contributed by atoms with Gasteiger partial charge >= 0.3 is 6.03 Å². The number of hydrogen-bond acceptors (Lipinski definition) is 1. The molecule has 0 bridgehead atoms. The minimum absolute atomic E-state index is 0.0146. The third-order valence-corrected chi connectivity index (χ3v) is 3.19. The Bertz CT molecular complexity index is 187. The molecule has 1 aliphatic heterocycles. The SMILES string of the molecule is O=C1NCC(CC2CCCCC2)N1. The fourth-order valence-electron chi connectivity index (χ4n) is 2.47. The van der Waals surface area contributed by atoms with Crippen molar-refractivity contribution in [3.63, 3.8) is 0 Å². The lowest BCUT2D eigenvalue weighted by molar-refractivity contribution is 0.246. The van der Waals surface area contributed by atoms with Gasteiger partial charge in [-0.2, -0.15) is 0 Å². The van der Waals surface area contributed by atoms with Gasteiger partial charge in [0.25, 0.3) is 0 Å². The van der Waals surface area contributed by atoms with Gasteiger partial charge in [0.05, 0.1) is 0 Å². The van der Waals surface area contributed by atoms with Crippen molar-refractivity contribution >= 4 is 6.03 Å². The number of urea groups is 1. The van der Waals surface area contributed by atoms with E-state index in [0.717, 1.165) is 12.5 Å². The highest BCUT2D eigenvalue weighted by molar-refractivity contribution is 5.76. The molecule has 1 unspecified atom stereocenters. The first kappa shape index (κ1) is 8.85. The Kier molecular flexibility index (Phi) is 2.71. The van der Waals surface area contributed by atoms with Crippen LogP contribution in [0.25, 0.3) is 0 Å². The van der Waals surface area contributed by atoms with Gasteiger partial charge in [0.2, 0.25) is 0 Å². The molecule has 1 heterocycles. The zero-order valence-electron chi connectivity index (χ0n) is 8.01. The molecule has 2 amide bonds. The van der Waals surface area contributed by atoms with Crippen LogP contribution in [0.5, 0.6) is 0 Å². The summed E-state index contributed by atoms with van der Waals surface area (Å²) < 4.78 is 0. The number of rotatable bonds is 2. The Morgan fingerprint density at radius 1 is 1.23 bits per heavy atom. The lowest BCUT2D eigenvalue weighted by atomic mass is 9.85. The van der Waals surface area contributed by atoms with E-state index in [0.29, 0.717) is 6.04 Å². The predicted octanol–water partition coefficient (Wildman–Crippen LogP) is 1.64. The summed E-state index contributed by atoms with van der Waals surface area (Å²) in [5.74, 6) is 0.860. The third-order valence-electron chi connectivity index (χ3n) is 3.19. The Balaban J connectivity index is 1.73. The van der Waals surface area contributed by atoms with Crippen LogP contribution in [-0.2, 0) is 0 Å². The van der Waals surface area contributed by atoms with Crippen LogP contribution in [0, 0.1) is 5.92 Å². The maximum absolute atomic E-state index is 10.9. The molecule has 0 aromatic carbocycles. The summed E-state index contributed by atoms with van der Waals surface area (Å²) in [5.41, 5.74) is 0. The van der Waals surface area contributed by atoms with Crippen molar-refractivity contribution in [1.29, 1.82) is 0 Å². The van der Waals surface area contributed by atoms with Crippen molar-refractivity contribution in [2.24, 2.45) is 5.92 Å². The van der Waals surface area contributed by atoms with Crippen LogP contribution in [-0.4, -0.2) is 18.6 Å². The molecule has 1 atom stereocenters. The third kappa shape index (κ3) is 2.36. The summed E-state index contributed by atoms with van der Waals surface area (Å²) in [6.45, 7) is 0.829. The normalized spacial score (nSPS) is 29.8. The van der Waals surface area contributed by atoms with Gasteiger partial charge in [-0.05, 0) is 12.3 Å². The Hall–Kier alpha value is -0.730. The smallest absolute Gasteiger partial charge is 0.315 e. The van der Waals surface area contributed by atoms with Gasteiger partial charge in [-0.1, -0.05) is 32.1 Å². The quantitative estimate of drug-likeness (QED) is 0.669. The molecule has 1 saturated heterocycles. The molecule has 2 rings (SSSR count). The van der Waals surface area contributed by atoms with E-state index < -0.39 is 0 Å². The summed E-state index contributed by atoms with van der Waals surface area (Å²) in [5, 5.41) is 5.76. The molecular formula is C10H18N2O. The average molecular weight is 182 g/mol. The Labute approximate surface area is 79.3 Å². The van der Waals surface area contributed by atoms with Gasteiger partial charge in [-0.15, -0.1) is 0 Å². The molecule has 2 fully saturated rings. The van der Waals surface area contributed by atoms with Crippen molar-refractivity contribution in [2.75, 3.05) is 6.54 Å². The van der Waals surface area contributed by atoms with Crippen LogP contribution in [0.15, 0.2) is 0 Å². The molecule has 2 aliphatic rings. The van der Waals surface area contributed by atoms with E-state index in [9.17, 15) is 4.79 Å². The molecule has 1 saturated carbocycles. The molecule has 0 aromatic rings. The zero-order valence-corrected chi connectivity index (χ0v) is 8.01. The van der Waals surface area contributed by atoms with E-state index in [1.54, 1.807) is 0 Å². The second kappa shape index (κ2) is 3.99. The van der Waals surface area contributed by atoms with Gasteiger partial charge in [-0.3, -0.25) is 0 Å². The second-order valence-electron chi connectivity index (χ2n) is 4.29. The number of hydrogen-bond donors (Lipinski definition) is 2. The topological polar surface area (TPSA) is 41.1 Å². The van der Waals surface area contributed by atoms with Gasteiger partial charge in [-0.25, -0.2) is 4.79 Å². The summed E-state index contributed by atoms with van der Waals surface area (Å²) in [4.78, 5) is 10.9. The minimum Gasteiger partial charge on any atom is -0.336 e. The van der Waals surface area contributed by atoms with E-state index in [2.05, 4.69) is 10.6 Å². The molecule has 2 N–H and O–H groups in total. The fraction of sp³-hybridized carbons (Fsp3) is 0.900. The monoisotopic (exact) mass is 182 g/mol. The Morgan fingerprint density at radius 2 is 2.00 bits per heavy atom. The summed E-state index contributed by atoms with van der Waals surface area (Å²) in [6, 6.07) is 0.413. The van der Waals surface area contributed by atoms with Crippen LogP contribution in [0.4, 0.5) is 4.79 Å². The standard InChI is InChI=1S/C10H18N2O/c13-10-11-7-9(12-10)6-8-4-2-1-3-5-8/h8-9H,1-7H2,(H2,11,12,13). The molecule has 3 heteroatoms. The Morgan fingerprint density at radius 3 is 2.62 bits per heavy atom. The van der Waals surface area contributed by atoms with Crippen molar-refractivity contribution in [1.82, 2.24) is 10.6 Å². The molecule has 74 valence electrons. The minimum atomic E-state index is 0.0146. The van der Waals surface area contributed by atoms with Gasteiger partial charge < -0.3 is 10.6 Å². The van der Waals surface area contributed by atoms with Gasteiger partial charge in [0, 0.05) is 12.6 Å². The molecule has 0 spiro atoms. The van der Waals surface area contributed by atoms with Crippen molar-refractivity contribution in [3.05, 3.63) is 0 Å². The van der Waals surface area contributed by atoms with Crippen LogP contribution in [0.3, 0.4) is 0 Å². The van der Waals surface area contributed by atoms with Crippen molar-refractivity contribution in [3.8, 4) is 0 Å². The van der Waals surface area contributed by atoms with Gasteiger partial charge in [0.1, 0.15) is 0 Å². The largest absolute Gasteiger partial charge is 0.336 e. The lowest BCUT2D eigenvalue weighted by Crippen LogP contribution is -2.29. The van der Waals surface area contributed by atoms with E-state index >= 15 is 0 Å². The molecule has 13 heavy (non-hydrogen) atoms. The second-order valence-corrected chi connectivity index (χ2v) is 4.29. The zero-order chi connectivity index (χ0) is 9.10.